The highest BCUT2D eigenvalue weighted by Crippen LogP contribution is 2.18. The van der Waals surface area contributed by atoms with Gasteiger partial charge in [-0.2, -0.15) is 0 Å². The third-order valence-electron chi connectivity index (χ3n) is 3.03. The minimum absolute atomic E-state index is 0.0455. The molecule has 2 N–H and O–H groups in total. The van der Waals surface area contributed by atoms with Crippen molar-refractivity contribution in [1.82, 2.24) is 10.2 Å². The molecule has 5 heteroatoms. The van der Waals surface area contributed by atoms with Crippen LogP contribution in [0.2, 0.25) is 0 Å². The molecule has 0 aliphatic carbocycles. The summed E-state index contributed by atoms with van der Waals surface area (Å²) in [6.45, 7) is 1.44. The summed E-state index contributed by atoms with van der Waals surface area (Å²) in [5.41, 5.74) is 2.45. The fraction of sp³-hybridized carbons (Fsp3) is 0.385. The largest absolute Gasteiger partial charge is 0.481 e. The molecule has 1 aliphatic rings. The Labute approximate surface area is 105 Å². The lowest BCUT2D eigenvalue weighted by atomic mass is 10.0. The van der Waals surface area contributed by atoms with Crippen LogP contribution in [0.25, 0.3) is 0 Å². The number of carboxylic acids is 1. The maximum atomic E-state index is 11.8. The molecule has 1 aromatic rings. The predicted molar refractivity (Wildman–Crippen MR) is 66.2 cm³/mol. The Hall–Kier alpha value is -2.04. The molecular weight excluding hydrogens is 232 g/mol. The van der Waals surface area contributed by atoms with Gasteiger partial charge in [-0.25, -0.2) is 4.79 Å². The van der Waals surface area contributed by atoms with Gasteiger partial charge in [-0.15, -0.1) is 0 Å². The number of benzene rings is 1. The summed E-state index contributed by atoms with van der Waals surface area (Å²) >= 11 is 0. The molecule has 96 valence electrons. The maximum absolute atomic E-state index is 11.8. The minimum atomic E-state index is -0.903. The molecule has 0 bridgehead atoms. The van der Waals surface area contributed by atoms with Gasteiger partial charge < -0.3 is 15.3 Å². The maximum Gasteiger partial charge on any atom is 0.317 e. The summed E-state index contributed by atoms with van der Waals surface area (Å²) < 4.78 is 0. The van der Waals surface area contributed by atoms with Gasteiger partial charge in [-0.1, -0.05) is 24.3 Å². The quantitative estimate of drug-likeness (QED) is 0.845. The zero-order chi connectivity index (χ0) is 13.0. The van der Waals surface area contributed by atoms with E-state index in [0.29, 0.717) is 13.1 Å². The van der Waals surface area contributed by atoms with Crippen LogP contribution in [0, 0.1) is 0 Å². The highest BCUT2D eigenvalue weighted by molar-refractivity contribution is 5.75. The molecule has 0 unspecified atom stereocenters. The van der Waals surface area contributed by atoms with E-state index < -0.39 is 5.97 Å². The molecule has 1 heterocycles. The van der Waals surface area contributed by atoms with E-state index in [4.69, 9.17) is 5.11 Å². The van der Waals surface area contributed by atoms with Crippen LogP contribution in [-0.4, -0.2) is 35.1 Å². The second kappa shape index (κ2) is 5.53. The number of carbonyl (C=O) groups excluding carboxylic acids is 1. The normalized spacial score (nSPS) is 13.9. The van der Waals surface area contributed by atoms with Crippen LogP contribution in [-0.2, 0) is 17.8 Å². The number of aliphatic carboxylic acids is 1. The number of nitrogens with one attached hydrogen (secondary N) is 1. The van der Waals surface area contributed by atoms with Crippen molar-refractivity contribution < 1.29 is 14.7 Å². The van der Waals surface area contributed by atoms with E-state index in [0.717, 1.165) is 12.0 Å². The molecule has 0 spiro atoms. The van der Waals surface area contributed by atoms with Gasteiger partial charge >= 0.3 is 12.0 Å². The molecule has 0 fully saturated rings. The number of hydrogen-bond acceptors (Lipinski definition) is 2. The molecule has 1 aliphatic heterocycles. The van der Waals surface area contributed by atoms with Crippen molar-refractivity contribution in [2.45, 2.75) is 19.4 Å². The second-order valence-electron chi connectivity index (χ2n) is 4.32. The number of urea groups is 1. The van der Waals surface area contributed by atoms with E-state index >= 15 is 0 Å². The van der Waals surface area contributed by atoms with Gasteiger partial charge in [0.1, 0.15) is 0 Å². The van der Waals surface area contributed by atoms with Crippen LogP contribution >= 0.6 is 0 Å². The summed E-state index contributed by atoms with van der Waals surface area (Å²) in [5, 5.41) is 11.1. The highest BCUT2D eigenvalue weighted by atomic mass is 16.4. The Bertz CT molecular complexity index is 459. The van der Waals surface area contributed by atoms with Crippen molar-refractivity contribution in [1.29, 1.82) is 0 Å². The van der Waals surface area contributed by atoms with Crippen LogP contribution in [0.15, 0.2) is 24.3 Å². The summed E-state index contributed by atoms with van der Waals surface area (Å²) in [6, 6.07) is 7.87. The fourth-order valence-corrected chi connectivity index (χ4v) is 2.06. The van der Waals surface area contributed by atoms with Crippen LogP contribution in [0.1, 0.15) is 17.5 Å². The van der Waals surface area contributed by atoms with Gasteiger partial charge in [-0.05, 0) is 17.5 Å². The Balaban J connectivity index is 1.88. The standard InChI is InChI=1S/C13H16N2O3/c16-12(17)5-7-14-13(18)15-8-6-10-3-1-2-4-11(10)9-15/h1-4H,5-9H2,(H,14,18)(H,16,17). The Kier molecular flexibility index (Phi) is 3.82. The molecule has 18 heavy (non-hydrogen) atoms. The molecule has 2 amide bonds. The van der Waals surface area contributed by atoms with E-state index in [1.165, 1.54) is 5.56 Å². The van der Waals surface area contributed by atoms with Crippen LogP contribution in [0.3, 0.4) is 0 Å². The minimum Gasteiger partial charge on any atom is -0.481 e. The second-order valence-corrected chi connectivity index (χ2v) is 4.32. The van der Waals surface area contributed by atoms with Crippen molar-refractivity contribution in [2.24, 2.45) is 0 Å². The van der Waals surface area contributed by atoms with E-state index in [2.05, 4.69) is 11.4 Å². The molecular formula is C13H16N2O3. The Morgan fingerprint density at radius 2 is 2.00 bits per heavy atom. The molecule has 0 atom stereocenters. The lowest BCUT2D eigenvalue weighted by Gasteiger charge is -2.28. The lowest BCUT2D eigenvalue weighted by molar-refractivity contribution is -0.136. The SMILES string of the molecule is O=C(O)CCNC(=O)N1CCc2ccccc2C1. The summed E-state index contributed by atoms with van der Waals surface area (Å²) in [4.78, 5) is 23.9. The first-order chi connectivity index (χ1) is 8.66. The van der Waals surface area contributed by atoms with Gasteiger partial charge in [0.05, 0.1) is 6.42 Å². The predicted octanol–water partition coefficient (Wildman–Crippen LogP) is 1.23. The van der Waals surface area contributed by atoms with E-state index in [9.17, 15) is 9.59 Å². The highest BCUT2D eigenvalue weighted by Gasteiger charge is 2.19. The molecule has 0 saturated carbocycles. The number of hydrogen-bond donors (Lipinski definition) is 2. The number of nitrogens with zero attached hydrogens (tertiary/aromatic N) is 1. The van der Waals surface area contributed by atoms with Gasteiger partial charge in [-0.3, -0.25) is 4.79 Å². The molecule has 1 aromatic carbocycles. The smallest absolute Gasteiger partial charge is 0.317 e. The van der Waals surface area contributed by atoms with Crippen molar-refractivity contribution >= 4 is 12.0 Å². The number of carbonyl (C=O) groups is 2. The molecule has 0 radical (unpaired) electrons. The van der Waals surface area contributed by atoms with Gasteiger partial charge in [0.2, 0.25) is 0 Å². The Morgan fingerprint density at radius 3 is 2.72 bits per heavy atom. The zero-order valence-electron chi connectivity index (χ0n) is 10.1. The zero-order valence-corrected chi connectivity index (χ0v) is 10.1. The molecule has 5 nitrogen and oxygen atoms in total. The number of fused-ring (bicyclic) bond motifs is 1. The fourth-order valence-electron chi connectivity index (χ4n) is 2.06. The van der Waals surface area contributed by atoms with Crippen molar-refractivity contribution in [2.75, 3.05) is 13.1 Å². The number of rotatable bonds is 3. The summed E-state index contributed by atoms with van der Waals surface area (Å²) in [7, 11) is 0. The van der Waals surface area contributed by atoms with Crippen molar-refractivity contribution in [3.05, 3.63) is 35.4 Å². The van der Waals surface area contributed by atoms with E-state index in [1.807, 2.05) is 18.2 Å². The van der Waals surface area contributed by atoms with Gasteiger partial charge in [0.15, 0.2) is 0 Å². The lowest BCUT2D eigenvalue weighted by Crippen LogP contribution is -2.43. The average molecular weight is 248 g/mol. The summed E-state index contributed by atoms with van der Waals surface area (Å²) in [5.74, 6) is -0.903. The van der Waals surface area contributed by atoms with Crippen LogP contribution in [0.5, 0.6) is 0 Å². The van der Waals surface area contributed by atoms with Crippen molar-refractivity contribution in [3.63, 3.8) is 0 Å². The third-order valence-corrected chi connectivity index (χ3v) is 3.03. The van der Waals surface area contributed by atoms with Crippen LogP contribution < -0.4 is 5.32 Å². The van der Waals surface area contributed by atoms with E-state index in [-0.39, 0.29) is 19.0 Å². The number of amides is 2. The van der Waals surface area contributed by atoms with Crippen LogP contribution in [0.4, 0.5) is 4.79 Å². The Morgan fingerprint density at radius 1 is 1.28 bits per heavy atom. The third kappa shape index (κ3) is 3.00. The first-order valence-electron chi connectivity index (χ1n) is 5.98. The van der Waals surface area contributed by atoms with Crippen molar-refractivity contribution in [3.8, 4) is 0 Å². The first-order valence-corrected chi connectivity index (χ1v) is 5.98. The molecule has 2 rings (SSSR count). The summed E-state index contributed by atoms with van der Waals surface area (Å²) in [6.07, 6.45) is 0.804. The first kappa shape index (κ1) is 12.4. The average Bonchev–Trinajstić information content (AvgIpc) is 2.37. The number of carboxylic acid groups (broad SMARTS) is 1. The molecule has 0 aromatic heterocycles. The molecule has 0 saturated heterocycles. The van der Waals surface area contributed by atoms with Gasteiger partial charge in [0.25, 0.3) is 0 Å². The topological polar surface area (TPSA) is 69.6 Å². The van der Waals surface area contributed by atoms with Gasteiger partial charge in [0, 0.05) is 19.6 Å². The monoisotopic (exact) mass is 248 g/mol. The van der Waals surface area contributed by atoms with E-state index in [1.54, 1.807) is 4.90 Å².